The molecule has 2 aliphatic carbocycles. The van der Waals surface area contributed by atoms with Crippen molar-refractivity contribution in [2.75, 3.05) is 5.32 Å². The molecule has 2 fully saturated rings. The van der Waals surface area contributed by atoms with Gasteiger partial charge in [-0.05, 0) is 79.3 Å². The molecule has 0 saturated heterocycles. The van der Waals surface area contributed by atoms with E-state index in [0.717, 1.165) is 54.2 Å². The van der Waals surface area contributed by atoms with Crippen molar-refractivity contribution >= 4 is 62.8 Å². The maximum absolute atomic E-state index is 13.0. The molecule has 0 atom stereocenters. The first kappa shape index (κ1) is 32.2. The van der Waals surface area contributed by atoms with Gasteiger partial charge in [-0.1, -0.05) is 38.5 Å². The highest BCUT2D eigenvalue weighted by Gasteiger charge is 2.34. The minimum atomic E-state index is -2.64. The van der Waals surface area contributed by atoms with E-state index < -0.39 is 17.6 Å². The molecule has 12 heteroatoms. The molecule has 0 radical (unpaired) electrons. The number of carbonyl (C=O) groups excluding carboxylic acids is 4. The van der Waals surface area contributed by atoms with Crippen LogP contribution in [0.25, 0.3) is 11.0 Å². The summed E-state index contributed by atoms with van der Waals surface area (Å²) in [5.41, 5.74) is 2.32. The Morgan fingerprint density at radius 3 is 2.37 bits per heavy atom. The Morgan fingerprint density at radius 1 is 1.07 bits per heavy atom. The Kier molecular flexibility index (Phi) is 11.0. The Morgan fingerprint density at radius 2 is 1.77 bits per heavy atom. The fourth-order valence-corrected chi connectivity index (χ4v) is 6.17. The predicted molar refractivity (Wildman–Crippen MR) is 164 cm³/mol. The zero-order valence-electron chi connectivity index (χ0n) is 23.5. The van der Waals surface area contributed by atoms with Crippen LogP contribution in [0.4, 0.5) is 14.7 Å². The molecule has 2 N–H and O–H groups in total. The molecular weight excluding hydrogens is 598 g/mol. The highest BCUT2D eigenvalue weighted by molar-refractivity contribution is 7.14. The summed E-state index contributed by atoms with van der Waals surface area (Å²) in [6.45, 7) is 6.56. The maximum atomic E-state index is 13.0. The zero-order valence-corrected chi connectivity index (χ0v) is 25.1. The number of thiophene rings is 1. The molecular formula is C31H33ClF2N4O4S. The second kappa shape index (κ2) is 14.7. The number of amides is 2. The van der Waals surface area contributed by atoms with Crippen molar-refractivity contribution in [3.63, 3.8) is 0 Å². The zero-order chi connectivity index (χ0) is 31.1. The lowest BCUT2D eigenvalue weighted by Gasteiger charge is -2.37. The number of nitrogens with zero attached hydrogens (tertiary/aromatic N) is 2. The quantitative estimate of drug-likeness (QED) is 0.187. The molecule has 228 valence electrons. The summed E-state index contributed by atoms with van der Waals surface area (Å²) in [5.74, 6) is -0.0664. The van der Waals surface area contributed by atoms with E-state index in [4.69, 9.17) is 11.6 Å². The molecule has 0 aliphatic heterocycles. The van der Waals surface area contributed by atoms with Gasteiger partial charge in [0.05, 0.1) is 20.8 Å². The monoisotopic (exact) mass is 630 g/mol. The number of hydrogen-bond acceptors (Lipinski definition) is 6. The SMILES string of the molecule is C=CC(=O)Cl.C=CC(=O)NC1CC(n2c(NC(=O)c3ccc(C(F)F)s3)nc3cc(CC(=O)C4CCCCC4)ccc32)C1. The molecule has 0 spiro atoms. The Hall–Kier alpha value is -3.70. The lowest BCUT2D eigenvalue weighted by molar-refractivity contribution is -0.123. The van der Waals surface area contributed by atoms with E-state index in [1.54, 1.807) is 0 Å². The maximum Gasteiger partial charge on any atom is 0.272 e. The Labute approximate surface area is 257 Å². The van der Waals surface area contributed by atoms with Gasteiger partial charge in [0.15, 0.2) is 0 Å². The van der Waals surface area contributed by atoms with Crippen LogP contribution in [0.15, 0.2) is 55.6 Å². The fraction of sp³-hybridized carbons (Fsp3) is 0.387. The van der Waals surface area contributed by atoms with Crippen molar-refractivity contribution in [3.05, 3.63) is 71.0 Å². The van der Waals surface area contributed by atoms with Crippen molar-refractivity contribution in [2.24, 2.45) is 5.92 Å². The smallest absolute Gasteiger partial charge is 0.272 e. The topological polar surface area (TPSA) is 110 Å². The number of carbonyl (C=O) groups is 4. The minimum Gasteiger partial charge on any atom is -0.350 e. The molecule has 2 amide bonds. The first-order valence-corrected chi connectivity index (χ1v) is 15.3. The predicted octanol–water partition coefficient (Wildman–Crippen LogP) is 6.92. The van der Waals surface area contributed by atoms with Crippen LogP contribution in [0.2, 0.25) is 0 Å². The van der Waals surface area contributed by atoms with Gasteiger partial charge in [0, 0.05) is 24.4 Å². The number of fused-ring (bicyclic) bond motifs is 1. The summed E-state index contributed by atoms with van der Waals surface area (Å²) < 4.78 is 28.0. The van der Waals surface area contributed by atoms with Crippen LogP contribution in [0.3, 0.4) is 0 Å². The van der Waals surface area contributed by atoms with Gasteiger partial charge in [0.25, 0.3) is 12.3 Å². The number of hydrogen-bond donors (Lipinski definition) is 2. The third-order valence-corrected chi connectivity index (χ3v) is 8.90. The van der Waals surface area contributed by atoms with Crippen molar-refractivity contribution < 1.29 is 28.0 Å². The van der Waals surface area contributed by atoms with Crippen LogP contribution in [0, 0.1) is 5.92 Å². The van der Waals surface area contributed by atoms with Crippen LogP contribution in [0.5, 0.6) is 0 Å². The second-order valence-corrected chi connectivity index (χ2v) is 12.1. The van der Waals surface area contributed by atoms with E-state index in [1.165, 1.54) is 24.6 Å². The van der Waals surface area contributed by atoms with Gasteiger partial charge in [-0.15, -0.1) is 11.3 Å². The number of allylic oxidation sites excluding steroid dienone is 1. The summed E-state index contributed by atoms with van der Waals surface area (Å²) in [7, 11) is 0. The standard InChI is InChI=1S/C28H30F2N4O3S.C3H3ClO/c1-2-25(36)31-18-14-19(15-18)34-21-9-8-16(13-22(35)17-6-4-3-5-7-17)12-20(21)32-28(34)33-27(37)24-11-10-23(38-24)26(29)30;1-2-3(4)5/h2,8-12,17-19,26H,1,3-7,13-15H2,(H,31,36)(H,32,33,37);2H,1H2. The number of Topliss-reactive ketones (excluding diaryl/α,β-unsaturated/α-hetero) is 1. The number of nitrogens with one attached hydrogen (secondary N) is 2. The molecule has 3 aromatic rings. The minimum absolute atomic E-state index is 0.0233. The van der Waals surface area contributed by atoms with E-state index in [9.17, 15) is 28.0 Å². The van der Waals surface area contributed by atoms with E-state index in [1.807, 2.05) is 22.8 Å². The number of ketones is 1. The molecule has 2 heterocycles. The van der Waals surface area contributed by atoms with Gasteiger partial charge in [0.2, 0.25) is 17.1 Å². The summed E-state index contributed by atoms with van der Waals surface area (Å²) in [6.07, 6.45) is 6.56. The van der Waals surface area contributed by atoms with Crippen molar-refractivity contribution in [2.45, 2.75) is 69.9 Å². The Balaban J connectivity index is 0.000000782. The summed E-state index contributed by atoms with van der Waals surface area (Å²) in [6, 6.07) is 8.31. The molecule has 0 bridgehead atoms. The van der Waals surface area contributed by atoms with E-state index in [-0.39, 0.29) is 39.4 Å². The molecule has 2 saturated carbocycles. The summed E-state index contributed by atoms with van der Waals surface area (Å²) in [5, 5.41) is 5.18. The van der Waals surface area contributed by atoms with Crippen LogP contribution < -0.4 is 10.6 Å². The molecule has 43 heavy (non-hydrogen) atoms. The van der Waals surface area contributed by atoms with Crippen LogP contribution in [0.1, 0.15) is 77.5 Å². The van der Waals surface area contributed by atoms with Gasteiger partial charge >= 0.3 is 0 Å². The van der Waals surface area contributed by atoms with Gasteiger partial charge in [-0.25, -0.2) is 13.8 Å². The highest BCUT2D eigenvalue weighted by atomic mass is 35.5. The van der Waals surface area contributed by atoms with Gasteiger partial charge in [-0.3, -0.25) is 24.5 Å². The molecule has 0 unspecified atom stereocenters. The number of rotatable bonds is 10. The average Bonchev–Trinajstić information content (AvgIpc) is 3.61. The number of aromatic nitrogens is 2. The third kappa shape index (κ3) is 8.23. The van der Waals surface area contributed by atoms with Gasteiger partial charge in [0.1, 0.15) is 5.78 Å². The number of alkyl halides is 2. The normalized spacial score (nSPS) is 18.2. The molecule has 5 rings (SSSR count). The number of benzene rings is 1. The summed E-state index contributed by atoms with van der Waals surface area (Å²) in [4.78, 5) is 51.6. The van der Waals surface area contributed by atoms with Crippen LogP contribution in [-0.2, 0) is 20.8 Å². The average molecular weight is 631 g/mol. The molecule has 8 nitrogen and oxygen atoms in total. The second-order valence-electron chi connectivity index (χ2n) is 10.6. The van der Waals surface area contributed by atoms with Crippen molar-refractivity contribution in [1.29, 1.82) is 0 Å². The largest absolute Gasteiger partial charge is 0.350 e. The van der Waals surface area contributed by atoms with Crippen molar-refractivity contribution in [3.8, 4) is 0 Å². The van der Waals surface area contributed by atoms with E-state index >= 15 is 0 Å². The van der Waals surface area contributed by atoms with Gasteiger partial charge in [-0.2, -0.15) is 0 Å². The van der Waals surface area contributed by atoms with Crippen molar-refractivity contribution in [1.82, 2.24) is 14.9 Å². The van der Waals surface area contributed by atoms with Crippen LogP contribution in [-0.4, -0.2) is 38.4 Å². The highest BCUT2D eigenvalue weighted by Crippen LogP contribution is 2.38. The first-order chi connectivity index (χ1) is 20.6. The lowest BCUT2D eigenvalue weighted by atomic mass is 9.84. The third-order valence-electron chi connectivity index (χ3n) is 7.65. The van der Waals surface area contributed by atoms with E-state index in [2.05, 4.69) is 28.8 Å². The Bertz CT molecular complexity index is 1520. The molecule has 2 aromatic heterocycles. The van der Waals surface area contributed by atoms with Crippen LogP contribution >= 0.6 is 22.9 Å². The molecule has 2 aliphatic rings. The summed E-state index contributed by atoms with van der Waals surface area (Å²) >= 11 is 5.45. The fourth-order valence-electron chi connectivity index (χ4n) is 5.41. The number of halogens is 3. The molecule has 1 aromatic carbocycles. The van der Waals surface area contributed by atoms with E-state index in [0.29, 0.717) is 30.7 Å². The number of anilines is 1. The lowest BCUT2D eigenvalue weighted by Crippen LogP contribution is -2.44. The first-order valence-electron chi connectivity index (χ1n) is 14.1. The van der Waals surface area contributed by atoms with Gasteiger partial charge < -0.3 is 9.88 Å². The number of imidazole rings is 1.